The molecule has 0 fully saturated rings. The van der Waals surface area contributed by atoms with E-state index in [1.54, 1.807) is 0 Å². The third-order valence-electron chi connectivity index (χ3n) is 1.35. The Labute approximate surface area is 63.4 Å². The molecule has 0 radical (unpaired) electrons. The number of nitrogens with two attached hydrogens (primary N) is 1. The SMILES string of the molecule is CC(=O)c1c[nH]c(C(N)=O)c1. The Hall–Kier alpha value is -1.58. The highest BCUT2D eigenvalue weighted by Gasteiger charge is 2.05. The van der Waals surface area contributed by atoms with Gasteiger partial charge in [0.2, 0.25) is 0 Å². The number of rotatable bonds is 2. The molecular weight excluding hydrogens is 144 g/mol. The van der Waals surface area contributed by atoms with E-state index in [1.807, 2.05) is 0 Å². The lowest BCUT2D eigenvalue weighted by Crippen LogP contribution is -2.10. The zero-order chi connectivity index (χ0) is 8.43. The molecule has 0 saturated carbocycles. The molecule has 4 heteroatoms. The van der Waals surface area contributed by atoms with Crippen LogP contribution in [0.3, 0.4) is 0 Å². The summed E-state index contributed by atoms with van der Waals surface area (Å²) in [7, 11) is 0. The number of primary amides is 1. The fraction of sp³-hybridized carbons (Fsp3) is 0.143. The number of ketones is 1. The van der Waals surface area contributed by atoms with Crippen molar-refractivity contribution in [2.75, 3.05) is 0 Å². The number of hydrogen-bond donors (Lipinski definition) is 2. The summed E-state index contributed by atoms with van der Waals surface area (Å²) in [5.41, 5.74) is 5.68. The van der Waals surface area contributed by atoms with Crippen LogP contribution in [0.4, 0.5) is 0 Å². The number of amides is 1. The standard InChI is InChI=1S/C7H8N2O2/c1-4(10)5-2-6(7(8)11)9-3-5/h2-3,9H,1H3,(H2,8,11). The van der Waals surface area contributed by atoms with Crippen LogP contribution in [0.1, 0.15) is 27.8 Å². The molecule has 1 aromatic rings. The highest BCUT2D eigenvalue weighted by molar-refractivity contribution is 5.98. The predicted molar refractivity (Wildman–Crippen MR) is 39.3 cm³/mol. The Kier molecular flexibility index (Phi) is 1.76. The van der Waals surface area contributed by atoms with E-state index in [4.69, 9.17) is 5.73 Å². The van der Waals surface area contributed by atoms with Gasteiger partial charge in [0.25, 0.3) is 5.91 Å². The van der Waals surface area contributed by atoms with E-state index >= 15 is 0 Å². The molecule has 0 aliphatic carbocycles. The summed E-state index contributed by atoms with van der Waals surface area (Å²) in [4.78, 5) is 23.8. The second-order valence-electron chi connectivity index (χ2n) is 2.22. The molecule has 3 N–H and O–H groups in total. The first-order valence-electron chi connectivity index (χ1n) is 3.10. The number of aromatic amines is 1. The summed E-state index contributed by atoms with van der Waals surface area (Å²) in [5.74, 6) is -0.647. The van der Waals surface area contributed by atoms with Crippen LogP contribution >= 0.6 is 0 Å². The number of Topliss-reactive ketones (excluding diaryl/α,β-unsaturated/α-hetero) is 1. The second kappa shape index (κ2) is 2.57. The van der Waals surface area contributed by atoms with Crippen molar-refractivity contribution < 1.29 is 9.59 Å². The van der Waals surface area contributed by atoms with Gasteiger partial charge in [-0.05, 0) is 13.0 Å². The van der Waals surface area contributed by atoms with E-state index in [9.17, 15) is 9.59 Å². The molecule has 0 aromatic carbocycles. The van der Waals surface area contributed by atoms with Gasteiger partial charge < -0.3 is 10.7 Å². The van der Waals surface area contributed by atoms with Crippen LogP contribution in [0.2, 0.25) is 0 Å². The van der Waals surface area contributed by atoms with Crippen molar-refractivity contribution in [3.63, 3.8) is 0 Å². The topological polar surface area (TPSA) is 75.9 Å². The summed E-state index contributed by atoms with van der Waals surface area (Å²) < 4.78 is 0. The van der Waals surface area contributed by atoms with Crippen LogP contribution in [0.25, 0.3) is 0 Å². The Balaban J connectivity index is 2.99. The zero-order valence-corrected chi connectivity index (χ0v) is 6.05. The predicted octanol–water partition coefficient (Wildman–Crippen LogP) is 0.316. The number of hydrogen-bond acceptors (Lipinski definition) is 2. The van der Waals surface area contributed by atoms with Crippen LogP contribution in [-0.2, 0) is 0 Å². The first-order valence-corrected chi connectivity index (χ1v) is 3.10. The van der Waals surface area contributed by atoms with E-state index in [1.165, 1.54) is 19.2 Å². The van der Waals surface area contributed by atoms with Crippen molar-refractivity contribution >= 4 is 11.7 Å². The molecule has 0 bridgehead atoms. The van der Waals surface area contributed by atoms with Gasteiger partial charge in [-0.1, -0.05) is 0 Å². The molecule has 0 atom stereocenters. The normalized spacial score (nSPS) is 9.55. The van der Waals surface area contributed by atoms with Crippen LogP contribution < -0.4 is 5.73 Å². The van der Waals surface area contributed by atoms with Gasteiger partial charge in [0, 0.05) is 11.8 Å². The molecule has 0 aliphatic rings. The lowest BCUT2D eigenvalue weighted by atomic mass is 10.2. The smallest absolute Gasteiger partial charge is 0.265 e. The van der Waals surface area contributed by atoms with Gasteiger partial charge in [-0.15, -0.1) is 0 Å². The Morgan fingerprint density at radius 3 is 2.45 bits per heavy atom. The average molecular weight is 152 g/mol. The van der Waals surface area contributed by atoms with Crippen LogP contribution in [0.5, 0.6) is 0 Å². The fourth-order valence-corrected chi connectivity index (χ4v) is 0.740. The van der Waals surface area contributed by atoms with Gasteiger partial charge in [-0.3, -0.25) is 9.59 Å². The molecule has 4 nitrogen and oxygen atoms in total. The quantitative estimate of drug-likeness (QED) is 0.598. The summed E-state index contributed by atoms with van der Waals surface area (Å²) >= 11 is 0. The van der Waals surface area contributed by atoms with Gasteiger partial charge in [0.05, 0.1) is 0 Å². The van der Waals surface area contributed by atoms with E-state index in [0.717, 1.165) is 0 Å². The van der Waals surface area contributed by atoms with Gasteiger partial charge in [0.1, 0.15) is 5.69 Å². The van der Waals surface area contributed by atoms with Crippen molar-refractivity contribution in [3.8, 4) is 0 Å². The van der Waals surface area contributed by atoms with Crippen molar-refractivity contribution in [1.82, 2.24) is 4.98 Å². The fourth-order valence-electron chi connectivity index (χ4n) is 0.740. The molecule has 1 amide bonds. The van der Waals surface area contributed by atoms with E-state index in [0.29, 0.717) is 5.56 Å². The molecule has 1 aromatic heterocycles. The van der Waals surface area contributed by atoms with Gasteiger partial charge in [-0.2, -0.15) is 0 Å². The lowest BCUT2D eigenvalue weighted by Gasteiger charge is -1.84. The monoisotopic (exact) mass is 152 g/mol. The number of H-pyrrole nitrogens is 1. The molecule has 0 spiro atoms. The molecule has 0 unspecified atom stereocenters. The first-order chi connectivity index (χ1) is 5.11. The summed E-state index contributed by atoms with van der Waals surface area (Å²) in [6.45, 7) is 1.42. The minimum atomic E-state index is -0.558. The molecule has 11 heavy (non-hydrogen) atoms. The van der Waals surface area contributed by atoms with Crippen molar-refractivity contribution in [2.45, 2.75) is 6.92 Å². The molecule has 0 aliphatic heterocycles. The van der Waals surface area contributed by atoms with Crippen LogP contribution in [-0.4, -0.2) is 16.7 Å². The van der Waals surface area contributed by atoms with Crippen molar-refractivity contribution in [2.24, 2.45) is 5.73 Å². The van der Waals surface area contributed by atoms with Gasteiger partial charge in [0.15, 0.2) is 5.78 Å². The Bertz CT molecular complexity index is 273. The largest absolute Gasteiger partial charge is 0.364 e. The maximum absolute atomic E-state index is 10.7. The second-order valence-corrected chi connectivity index (χ2v) is 2.22. The zero-order valence-electron chi connectivity index (χ0n) is 6.05. The minimum Gasteiger partial charge on any atom is -0.364 e. The summed E-state index contributed by atoms with van der Waals surface area (Å²) in [6.07, 6.45) is 1.46. The summed E-state index contributed by atoms with van der Waals surface area (Å²) in [6, 6.07) is 1.44. The van der Waals surface area contributed by atoms with E-state index in [2.05, 4.69) is 4.98 Å². The highest BCUT2D eigenvalue weighted by Crippen LogP contribution is 2.02. The van der Waals surface area contributed by atoms with Gasteiger partial charge in [-0.25, -0.2) is 0 Å². The molecule has 1 rings (SSSR count). The number of nitrogens with one attached hydrogen (secondary N) is 1. The van der Waals surface area contributed by atoms with Crippen molar-refractivity contribution in [3.05, 3.63) is 23.5 Å². The average Bonchev–Trinajstić information content (AvgIpc) is 2.33. The van der Waals surface area contributed by atoms with Crippen LogP contribution in [0.15, 0.2) is 12.3 Å². The van der Waals surface area contributed by atoms with Gasteiger partial charge >= 0.3 is 0 Å². The number of carbonyl (C=O) groups is 2. The highest BCUT2D eigenvalue weighted by atomic mass is 16.1. The van der Waals surface area contributed by atoms with E-state index < -0.39 is 5.91 Å². The lowest BCUT2D eigenvalue weighted by molar-refractivity contribution is 0.0995. The maximum Gasteiger partial charge on any atom is 0.265 e. The third-order valence-corrected chi connectivity index (χ3v) is 1.35. The summed E-state index contributed by atoms with van der Waals surface area (Å²) in [5, 5.41) is 0. The first kappa shape index (κ1) is 7.53. The molecule has 58 valence electrons. The third kappa shape index (κ3) is 1.46. The Morgan fingerprint density at radius 2 is 2.18 bits per heavy atom. The van der Waals surface area contributed by atoms with E-state index in [-0.39, 0.29) is 11.5 Å². The number of carbonyl (C=O) groups excluding carboxylic acids is 2. The molecule has 0 saturated heterocycles. The maximum atomic E-state index is 10.7. The molecule has 1 heterocycles. The molecular formula is C7H8N2O2. The van der Waals surface area contributed by atoms with Crippen molar-refractivity contribution in [1.29, 1.82) is 0 Å². The Morgan fingerprint density at radius 1 is 1.55 bits per heavy atom. The number of aromatic nitrogens is 1. The van der Waals surface area contributed by atoms with Crippen LogP contribution in [0, 0.1) is 0 Å². The minimum absolute atomic E-state index is 0.0891.